The van der Waals surface area contributed by atoms with Crippen LogP contribution in [0.25, 0.3) is 0 Å². The van der Waals surface area contributed by atoms with Crippen molar-refractivity contribution in [2.45, 2.75) is 71.8 Å². The molecule has 36 heavy (non-hydrogen) atoms. The van der Waals surface area contributed by atoms with Gasteiger partial charge in [-0.3, -0.25) is 28.9 Å². The molecule has 0 N–H and O–H groups in total. The van der Waals surface area contributed by atoms with Crippen LogP contribution in [0.15, 0.2) is 11.1 Å². The van der Waals surface area contributed by atoms with Crippen molar-refractivity contribution < 1.29 is 38.2 Å². The summed E-state index contributed by atoms with van der Waals surface area (Å²) in [6.45, 7) is 4.66. The van der Waals surface area contributed by atoms with Crippen LogP contribution >= 0.6 is 0 Å². The fourth-order valence-corrected chi connectivity index (χ4v) is 8.38. The van der Waals surface area contributed by atoms with Gasteiger partial charge in [-0.2, -0.15) is 0 Å². The van der Waals surface area contributed by atoms with E-state index in [1.807, 2.05) is 6.92 Å². The molecule has 0 aromatic carbocycles. The van der Waals surface area contributed by atoms with Crippen LogP contribution in [0.5, 0.6) is 0 Å². The molecule has 0 aromatic heterocycles. The van der Waals surface area contributed by atoms with Crippen LogP contribution in [0.2, 0.25) is 0 Å². The molecule has 7 atom stereocenters. The van der Waals surface area contributed by atoms with Crippen LogP contribution in [0.3, 0.4) is 0 Å². The lowest BCUT2D eigenvalue weighted by Crippen LogP contribution is -2.70. The molecule has 7 unspecified atom stereocenters. The third-order valence-electron chi connectivity index (χ3n) is 9.62. The van der Waals surface area contributed by atoms with Crippen molar-refractivity contribution in [1.82, 2.24) is 4.90 Å². The minimum Gasteiger partial charge on any atom is -0.469 e. The average Bonchev–Trinajstić information content (AvgIpc) is 3.38. The Bertz CT molecular complexity index is 1060. The van der Waals surface area contributed by atoms with Crippen molar-refractivity contribution in [2.75, 3.05) is 20.3 Å². The summed E-state index contributed by atoms with van der Waals surface area (Å²) in [5.41, 5.74) is -0.529. The number of rotatable bonds is 4. The number of imide groups is 1. The first-order valence-corrected chi connectivity index (χ1v) is 13.0. The fourth-order valence-electron chi connectivity index (χ4n) is 8.38. The van der Waals surface area contributed by atoms with E-state index in [9.17, 15) is 24.0 Å². The third kappa shape index (κ3) is 3.23. The maximum absolute atomic E-state index is 14.7. The highest BCUT2D eigenvalue weighted by atomic mass is 16.6. The maximum atomic E-state index is 14.7. The molecule has 196 valence electrons. The summed E-state index contributed by atoms with van der Waals surface area (Å²) in [4.78, 5) is 67.9. The lowest BCUT2D eigenvalue weighted by molar-refractivity contribution is -0.209. The molecule has 3 heterocycles. The number of hydrogen-bond donors (Lipinski definition) is 0. The summed E-state index contributed by atoms with van der Waals surface area (Å²) in [6.07, 6.45) is 3.00. The van der Waals surface area contributed by atoms with Gasteiger partial charge in [0.15, 0.2) is 0 Å². The molecular weight excluding hydrogens is 466 g/mol. The summed E-state index contributed by atoms with van der Waals surface area (Å²) in [7, 11) is 1.35. The second-order valence-electron chi connectivity index (χ2n) is 11.3. The number of nitrogens with zero attached hydrogens (tertiary/aromatic N) is 1. The predicted octanol–water partition coefficient (Wildman–Crippen LogP) is 2.56. The molecule has 3 aliphatic heterocycles. The zero-order valence-electron chi connectivity index (χ0n) is 21.5. The summed E-state index contributed by atoms with van der Waals surface area (Å²) in [5, 5.41) is 0. The van der Waals surface area contributed by atoms with Crippen LogP contribution in [0.1, 0.15) is 65.7 Å². The summed E-state index contributed by atoms with van der Waals surface area (Å²) < 4.78 is 16.9. The Labute approximate surface area is 210 Å². The van der Waals surface area contributed by atoms with E-state index < -0.39 is 40.7 Å². The number of piperidine rings is 1. The van der Waals surface area contributed by atoms with E-state index in [1.54, 1.807) is 0 Å². The van der Waals surface area contributed by atoms with Crippen molar-refractivity contribution in [2.24, 2.45) is 34.5 Å². The largest absolute Gasteiger partial charge is 0.469 e. The molecule has 1 saturated carbocycles. The number of carbonyl (C=O) groups excluding carboxylic acids is 5. The molecule has 0 aromatic rings. The van der Waals surface area contributed by atoms with E-state index in [-0.39, 0.29) is 49.2 Å². The monoisotopic (exact) mass is 501 g/mol. The third-order valence-corrected chi connectivity index (χ3v) is 9.62. The number of esters is 3. The quantitative estimate of drug-likeness (QED) is 0.250. The summed E-state index contributed by atoms with van der Waals surface area (Å²) in [5.74, 6) is -3.46. The van der Waals surface area contributed by atoms with Gasteiger partial charge in [0, 0.05) is 20.4 Å². The molecule has 0 radical (unpaired) electrons. The zero-order chi connectivity index (χ0) is 26.0. The lowest BCUT2D eigenvalue weighted by atomic mass is 9.49. The van der Waals surface area contributed by atoms with Gasteiger partial charge in [0.05, 0.1) is 29.8 Å². The van der Waals surface area contributed by atoms with E-state index in [0.717, 1.165) is 24.0 Å². The van der Waals surface area contributed by atoms with Gasteiger partial charge in [0.1, 0.15) is 12.7 Å². The molecular formula is C27H35NO8. The number of fused-ring (bicyclic) bond motifs is 4. The lowest BCUT2D eigenvalue weighted by Gasteiger charge is -2.58. The summed E-state index contributed by atoms with van der Waals surface area (Å²) >= 11 is 0. The van der Waals surface area contributed by atoms with Gasteiger partial charge in [-0.1, -0.05) is 18.1 Å². The smallest absolute Gasteiger partial charge is 0.309 e. The second-order valence-corrected chi connectivity index (χ2v) is 11.3. The van der Waals surface area contributed by atoms with Gasteiger partial charge < -0.3 is 14.2 Å². The number of hydrogen-bond acceptors (Lipinski definition) is 8. The predicted molar refractivity (Wildman–Crippen MR) is 125 cm³/mol. The van der Waals surface area contributed by atoms with Crippen molar-refractivity contribution in [3.63, 3.8) is 0 Å². The highest BCUT2D eigenvalue weighted by Crippen LogP contribution is 2.72. The van der Waals surface area contributed by atoms with Gasteiger partial charge in [-0.25, -0.2) is 0 Å². The fraction of sp³-hybridized carbons (Fsp3) is 0.741. The van der Waals surface area contributed by atoms with Crippen LogP contribution in [-0.4, -0.2) is 61.0 Å². The Morgan fingerprint density at radius 1 is 1.03 bits per heavy atom. The molecule has 2 amide bonds. The zero-order valence-corrected chi connectivity index (χ0v) is 21.5. The van der Waals surface area contributed by atoms with Crippen molar-refractivity contribution in [3.8, 4) is 0 Å². The van der Waals surface area contributed by atoms with E-state index in [4.69, 9.17) is 14.2 Å². The minimum atomic E-state index is -1.29. The van der Waals surface area contributed by atoms with Crippen LogP contribution in [0.4, 0.5) is 0 Å². The first-order chi connectivity index (χ1) is 17.1. The highest BCUT2D eigenvalue weighted by Gasteiger charge is 2.77. The van der Waals surface area contributed by atoms with E-state index in [0.29, 0.717) is 25.7 Å². The first-order valence-electron chi connectivity index (χ1n) is 13.0. The molecule has 9 nitrogen and oxygen atoms in total. The molecule has 3 saturated heterocycles. The van der Waals surface area contributed by atoms with E-state index >= 15 is 0 Å². The molecule has 3 aliphatic carbocycles. The van der Waals surface area contributed by atoms with Crippen LogP contribution < -0.4 is 0 Å². The Morgan fingerprint density at radius 3 is 2.42 bits per heavy atom. The Morgan fingerprint density at radius 2 is 1.75 bits per heavy atom. The maximum Gasteiger partial charge on any atom is 0.309 e. The van der Waals surface area contributed by atoms with Gasteiger partial charge >= 0.3 is 17.9 Å². The van der Waals surface area contributed by atoms with Gasteiger partial charge in [-0.15, -0.1) is 0 Å². The molecule has 4 bridgehead atoms. The second kappa shape index (κ2) is 8.70. The molecule has 1 spiro atoms. The van der Waals surface area contributed by atoms with Crippen LogP contribution in [-0.2, 0) is 38.2 Å². The first kappa shape index (κ1) is 25.0. The Balaban J connectivity index is 1.84. The number of methoxy groups -OCH3 is 1. The van der Waals surface area contributed by atoms with E-state index in [1.165, 1.54) is 25.9 Å². The molecule has 6 rings (SSSR count). The van der Waals surface area contributed by atoms with E-state index in [2.05, 4.69) is 0 Å². The van der Waals surface area contributed by atoms with Crippen LogP contribution in [0, 0.1) is 34.5 Å². The minimum absolute atomic E-state index is 0.00247. The number of amides is 2. The number of carbonyl (C=O) groups is 5. The Kier molecular flexibility index (Phi) is 6.03. The SMILES string of the molecule is COC(=O)C1CC23C(=O)N4CC(C)CCC(OC(C)=O)C2(COC(C)=O)C(CCC2=C3C1CC2)C4=O. The summed E-state index contributed by atoms with van der Waals surface area (Å²) in [6, 6.07) is 0. The normalized spacial score (nSPS) is 39.1. The standard InChI is InChI=1S/C27H35NO8/c1-14-5-10-21(36-16(3)30)27(13-35-15(2)29)20-9-7-17-6-8-18-19(24(32)34-4)11-26(27,22(17)18)25(33)28(12-14)23(20)31/h14,18-21H,5-13H2,1-4H3. The van der Waals surface area contributed by atoms with Gasteiger partial charge in [-0.05, 0) is 56.8 Å². The topological polar surface area (TPSA) is 116 Å². The Hall–Kier alpha value is -2.71. The van der Waals surface area contributed by atoms with Gasteiger partial charge in [0.2, 0.25) is 11.8 Å². The van der Waals surface area contributed by atoms with Crippen molar-refractivity contribution in [3.05, 3.63) is 11.1 Å². The number of allylic oxidation sites excluding steroid dienone is 1. The molecule has 9 heteroatoms. The number of ether oxygens (including phenoxy) is 3. The van der Waals surface area contributed by atoms with Crippen molar-refractivity contribution >= 4 is 29.7 Å². The average molecular weight is 502 g/mol. The van der Waals surface area contributed by atoms with Crippen molar-refractivity contribution in [1.29, 1.82) is 0 Å². The van der Waals surface area contributed by atoms with Gasteiger partial charge in [0.25, 0.3) is 0 Å². The molecule has 4 fully saturated rings. The highest BCUT2D eigenvalue weighted by molar-refractivity contribution is 6.06. The molecule has 6 aliphatic rings.